The largest absolute Gasteiger partial charge is 0.468 e. The van der Waals surface area contributed by atoms with Crippen molar-refractivity contribution in [3.8, 4) is 0 Å². The Hall–Kier alpha value is -0.610. The molecule has 0 bridgehead atoms. The Morgan fingerprint density at radius 2 is 2.19 bits per heavy atom. The maximum Gasteiger partial charge on any atom is 0.328 e. The molecule has 0 aromatic heterocycles. The van der Waals surface area contributed by atoms with Crippen LogP contribution in [0.2, 0.25) is 0 Å². The zero-order valence-electron chi connectivity index (χ0n) is 10.5. The third-order valence-electron chi connectivity index (χ3n) is 2.84. The van der Waals surface area contributed by atoms with E-state index in [1.807, 2.05) is 6.92 Å². The van der Waals surface area contributed by atoms with Gasteiger partial charge in [-0.25, -0.2) is 4.79 Å². The zero-order chi connectivity index (χ0) is 12.0. The smallest absolute Gasteiger partial charge is 0.328 e. The Morgan fingerprint density at radius 3 is 2.69 bits per heavy atom. The molecular weight excluding hydrogens is 206 g/mol. The van der Waals surface area contributed by atoms with E-state index in [0.29, 0.717) is 12.5 Å². The molecule has 1 saturated carbocycles. The Kier molecular flexibility index (Phi) is 5.22. The van der Waals surface area contributed by atoms with E-state index < -0.39 is 5.54 Å². The van der Waals surface area contributed by atoms with Crippen LogP contribution in [-0.4, -0.2) is 38.4 Å². The van der Waals surface area contributed by atoms with Crippen LogP contribution in [0.1, 0.15) is 33.1 Å². The molecule has 94 valence electrons. The van der Waals surface area contributed by atoms with Crippen molar-refractivity contribution in [1.29, 1.82) is 0 Å². The lowest BCUT2D eigenvalue weighted by Gasteiger charge is -2.27. The lowest BCUT2D eigenvalue weighted by atomic mass is 10.0. The molecule has 0 aromatic rings. The summed E-state index contributed by atoms with van der Waals surface area (Å²) in [5, 5.41) is 3.19. The van der Waals surface area contributed by atoms with Crippen molar-refractivity contribution in [2.45, 2.75) is 38.6 Å². The van der Waals surface area contributed by atoms with Gasteiger partial charge in [-0.1, -0.05) is 6.92 Å². The highest BCUT2D eigenvalue weighted by atomic mass is 16.5. The second-order valence-electron chi connectivity index (χ2n) is 4.71. The monoisotopic (exact) mass is 229 g/mol. The second kappa shape index (κ2) is 6.21. The molecule has 4 nitrogen and oxygen atoms in total. The van der Waals surface area contributed by atoms with Gasteiger partial charge in [-0.15, -0.1) is 0 Å². The Morgan fingerprint density at radius 1 is 1.50 bits per heavy atom. The number of carbonyl (C=O) groups is 1. The normalized spacial score (nSPS) is 19.2. The first-order chi connectivity index (χ1) is 7.62. The number of esters is 1. The lowest BCUT2D eigenvalue weighted by Crippen LogP contribution is -2.54. The number of ether oxygens (including phenoxy) is 2. The summed E-state index contributed by atoms with van der Waals surface area (Å²) in [6.07, 6.45) is 3.50. The van der Waals surface area contributed by atoms with Gasteiger partial charge in [0.15, 0.2) is 0 Å². The fraction of sp³-hybridized carbons (Fsp3) is 0.917. The minimum absolute atomic E-state index is 0.253. The molecule has 0 saturated heterocycles. The number of rotatable bonds is 8. The summed E-state index contributed by atoms with van der Waals surface area (Å²) >= 11 is 0. The topological polar surface area (TPSA) is 47.6 Å². The Bertz CT molecular complexity index is 228. The molecule has 0 spiro atoms. The molecule has 4 heteroatoms. The van der Waals surface area contributed by atoms with Crippen LogP contribution >= 0.6 is 0 Å². The summed E-state index contributed by atoms with van der Waals surface area (Å²) in [7, 11) is 1.41. The molecular formula is C12H23NO3. The molecule has 0 aliphatic heterocycles. The van der Waals surface area contributed by atoms with E-state index in [2.05, 4.69) is 12.2 Å². The van der Waals surface area contributed by atoms with Gasteiger partial charge in [0, 0.05) is 6.61 Å². The number of hydrogen-bond acceptors (Lipinski definition) is 4. The van der Waals surface area contributed by atoms with Crippen LogP contribution in [0.15, 0.2) is 0 Å². The second-order valence-corrected chi connectivity index (χ2v) is 4.71. The Balaban J connectivity index is 2.36. The summed E-state index contributed by atoms with van der Waals surface area (Å²) < 4.78 is 10.4. The molecule has 1 atom stereocenters. The summed E-state index contributed by atoms with van der Waals surface area (Å²) in [4.78, 5) is 11.7. The molecule has 1 aliphatic carbocycles. The third kappa shape index (κ3) is 4.10. The maximum absolute atomic E-state index is 11.7. The number of methoxy groups -OCH3 is 1. The average molecular weight is 229 g/mol. The average Bonchev–Trinajstić information content (AvgIpc) is 3.09. The van der Waals surface area contributed by atoms with E-state index in [4.69, 9.17) is 9.47 Å². The first-order valence-electron chi connectivity index (χ1n) is 6.03. The standard InChI is InChI=1S/C12H23NO3/c1-4-7-13-12(2,11(14)15-3)9-16-8-10-5-6-10/h10,13H,4-9H2,1-3H3. The number of carbonyl (C=O) groups excluding carboxylic acids is 1. The van der Waals surface area contributed by atoms with Gasteiger partial charge in [0.25, 0.3) is 0 Å². The van der Waals surface area contributed by atoms with Gasteiger partial charge in [0.2, 0.25) is 0 Å². The van der Waals surface area contributed by atoms with Crippen LogP contribution in [0.4, 0.5) is 0 Å². The van der Waals surface area contributed by atoms with Gasteiger partial charge in [-0.3, -0.25) is 0 Å². The molecule has 0 aromatic carbocycles. The lowest BCUT2D eigenvalue weighted by molar-refractivity contribution is -0.150. The van der Waals surface area contributed by atoms with Gasteiger partial charge in [0.05, 0.1) is 13.7 Å². The van der Waals surface area contributed by atoms with Crippen LogP contribution in [-0.2, 0) is 14.3 Å². The first-order valence-corrected chi connectivity index (χ1v) is 6.03. The quantitative estimate of drug-likeness (QED) is 0.638. The van der Waals surface area contributed by atoms with Crippen molar-refractivity contribution in [2.24, 2.45) is 5.92 Å². The molecule has 1 unspecified atom stereocenters. The van der Waals surface area contributed by atoms with E-state index in [1.165, 1.54) is 20.0 Å². The van der Waals surface area contributed by atoms with Crippen molar-refractivity contribution in [1.82, 2.24) is 5.32 Å². The van der Waals surface area contributed by atoms with Crippen molar-refractivity contribution >= 4 is 5.97 Å². The SMILES string of the molecule is CCCNC(C)(COCC1CC1)C(=O)OC. The molecule has 0 heterocycles. The van der Waals surface area contributed by atoms with Gasteiger partial charge >= 0.3 is 5.97 Å². The van der Waals surface area contributed by atoms with Gasteiger partial charge in [-0.05, 0) is 38.6 Å². The third-order valence-corrected chi connectivity index (χ3v) is 2.84. The van der Waals surface area contributed by atoms with Crippen LogP contribution in [0, 0.1) is 5.92 Å². The minimum atomic E-state index is -0.709. The fourth-order valence-electron chi connectivity index (χ4n) is 1.52. The highest BCUT2D eigenvalue weighted by molar-refractivity contribution is 5.80. The summed E-state index contributed by atoms with van der Waals surface area (Å²) in [5.41, 5.74) is -0.709. The number of nitrogens with one attached hydrogen (secondary N) is 1. The van der Waals surface area contributed by atoms with E-state index in [-0.39, 0.29) is 5.97 Å². The fourth-order valence-corrected chi connectivity index (χ4v) is 1.52. The molecule has 1 aliphatic rings. The summed E-state index contributed by atoms with van der Waals surface area (Å²) in [5.74, 6) is 0.463. The highest BCUT2D eigenvalue weighted by Crippen LogP contribution is 2.29. The van der Waals surface area contributed by atoms with Crippen LogP contribution in [0.25, 0.3) is 0 Å². The van der Waals surface area contributed by atoms with Gasteiger partial charge < -0.3 is 14.8 Å². The van der Waals surface area contributed by atoms with Crippen molar-refractivity contribution in [3.05, 3.63) is 0 Å². The van der Waals surface area contributed by atoms with Gasteiger partial charge in [0.1, 0.15) is 5.54 Å². The van der Waals surface area contributed by atoms with Crippen molar-refractivity contribution in [2.75, 3.05) is 26.9 Å². The van der Waals surface area contributed by atoms with Crippen LogP contribution in [0.3, 0.4) is 0 Å². The number of hydrogen-bond donors (Lipinski definition) is 1. The highest BCUT2D eigenvalue weighted by Gasteiger charge is 2.34. The molecule has 1 fully saturated rings. The first kappa shape index (κ1) is 13.5. The predicted octanol–water partition coefficient (Wildman–Crippen LogP) is 1.34. The molecule has 1 N–H and O–H groups in total. The van der Waals surface area contributed by atoms with Crippen molar-refractivity contribution in [3.63, 3.8) is 0 Å². The van der Waals surface area contributed by atoms with E-state index in [9.17, 15) is 4.79 Å². The summed E-state index contributed by atoms with van der Waals surface area (Å²) in [6.45, 7) is 5.84. The van der Waals surface area contributed by atoms with Gasteiger partial charge in [-0.2, -0.15) is 0 Å². The summed E-state index contributed by atoms with van der Waals surface area (Å²) in [6, 6.07) is 0. The zero-order valence-corrected chi connectivity index (χ0v) is 10.5. The molecule has 16 heavy (non-hydrogen) atoms. The van der Waals surface area contributed by atoms with Crippen LogP contribution in [0.5, 0.6) is 0 Å². The molecule has 0 radical (unpaired) electrons. The van der Waals surface area contributed by atoms with E-state index in [0.717, 1.165) is 19.6 Å². The van der Waals surface area contributed by atoms with E-state index >= 15 is 0 Å². The molecule has 1 rings (SSSR count). The van der Waals surface area contributed by atoms with Crippen LogP contribution < -0.4 is 5.32 Å². The minimum Gasteiger partial charge on any atom is -0.468 e. The Labute approximate surface area is 97.7 Å². The van der Waals surface area contributed by atoms with E-state index in [1.54, 1.807) is 0 Å². The predicted molar refractivity (Wildman–Crippen MR) is 62.3 cm³/mol. The maximum atomic E-state index is 11.7. The molecule has 0 amide bonds. The van der Waals surface area contributed by atoms with Crippen molar-refractivity contribution < 1.29 is 14.3 Å².